The van der Waals surface area contributed by atoms with Gasteiger partial charge in [-0.3, -0.25) is 9.59 Å². The molecular weight excluding hydrogens is 298 g/mol. The Kier molecular flexibility index (Phi) is 4.15. The number of hydrogen-bond acceptors (Lipinski definition) is 4. The molecule has 5 heteroatoms. The molecule has 1 N–H and O–H groups in total. The van der Waals surface area contributed by atoms with Gasteiger partial charge in [0.2, 0.25) is 0 Å². The van der Waals surface area contributed by atoms with Crippen LogP contribution >= 0.6 is 11.8 Å². The average Bonchev–Trinajstić information content (AvgIpc) is 2.65. The number of anilines is 1. The Hall–Kier alpha value is -2.27. The summed E-state index contributed by atoms with van der Waals surface area (Å²) >= 11 is 1.52. The van der Waals surface area contributed by atoms with Gasteiger partial charge < -0.3 is 10.1 Å². The number of carbonyl (C=O) groups is 2. The predicted molar refractivity (Wildman–Crippen MR) is 85.7 cm³/mol. The lowest BCUT2D eigenvalue weighted by atomic mass is 10.1. The molecule has 2 aromatic rings. The van der Waals surface area contributed by atoms with Gasteiger partial charge in [0.1, 0.15) is 0 Å². The van der Waals surface area contributed by atoms with E-state index in [1.54, 1.807) is 0 Å². The van der Waals surface area contributed by atoms with E-state index in [2.05, 4.69) is 5.32 Å². The first-order valence-corrected chi connectivity index (χ1v) is 7.82. The molecule has 112 valence electrons. The van der Waals surface area contributed by atoms with E-state index in [-0.39, 0.29) is 11.2 Å². The Morgan fingerprint density at radius 3 is 2.50 bits per heavy atom. The van der Waals surface area contributed by atoms with Crippen LogP contribution in [-0.2, 0) is 14.3 Å². The number of carbonyl (C=O) groups excluding carboxylic acids is 2. The van der Waals surface area contributed by atoms with Crippen LogP contribution < -0.4 is 5.32 Å². The highest BCUT2D eigenvalue weighted by Gasteiger charge is 2.36. The first-order valence-electron chi connectivity index (χ1n) is 6.94. The lowest BCUT2D eigenvalue weighted by molar-refractivity contribution is -0.152. The molecule has 0 bridgehead atoms. The molecule has 0 radical (unpaired) electrons. The highest BCUT2D eigenvalue weighted by molar-refractivity contribution is 7.99. The topological polar surface area (TPSA) is 55.4 Å². The van der Waals surface area contributed by atoms with Gasteiger partial charge in [-0.25, -0.2) is 0 Å². The Morgan fingerprint density at radius 2 is 1.77 bits per heavy atom. The number of hydrogen-bond donors (Lipinski definition) is 1. The molecule has 0 fully saturated rings. The van der Waals surface area contributed by atoms with Gasteiger partial charge in [0.25, 0.3) is 5.91 Å². The molecule has 0 aromatic heterocycles. The average molecular weight is 313 g/mol. The second kappa shape index (κ2) is 6.23. The summed E-state index contributed by atoms with van der Waals surface area (Å²) in [4.78, 5) is 24.9. The summed E-state index contributed by atoms with van der Waals surface area (Å²) in [5.74, 6) is -0.769. The third kappa shape index (κ3) is 2.99. The van der Waals surface area contributed by atoms with Gasteiger partial charge in [-0.05, 0) is 17.7 Å². The fourth-order valence-corrected chi connectivity index (χ4v) is 3.66. The number of esters is 1. The van der Waals surface area contributed by atoms with Gasteiger partial charge in [0.05, 0.1) is 10.9 Å². The predicted octanol–water partition coefficient (Wildman–Crippen LogP) is 3.40. The second-order valence-corrected chi connectivity index (χ2v) is 6.15. The van der Waals surface area contributed by atoms with Crippen molar-refractivity contribution in [2.75, 3.05) is 5.32 Å². The molecule has 0 spiro atoms. The Morgan fingerprint density at radius 1 is 1.09 bits per heavy atom. The number of amides is 1. The first kappa shape index (κ1) is 14.7. The van der Waals surface area contributed by atoms with E-state index in [1.807, 2.05) is 54.6 Å². The summed E-state index contributed by atoms with van der Waals surface area (Å²) in [5, 5.41) is 2.56. The van der Waals surface area contributed by atoms with Crippen molar-refractivity contribution >= 4 is 29.3 Å². The zero-order valence-corrected chi connectivity index (χ0v) is 12.8. The maximum absolute atomic E-state index is 12.5. The lowest BCUT2D eigenvalue weighted by Crippen LogP contribution is -2.34. The molecule has 1 aliphatic heterocycles. The first-order chi connectivity index (χ1) is 10.6. The molecule has 0 saturated carbocycles. The van der Waals surface area contributed by atoms with Crippen LogP contribution in [0.1, 0.15) is 17.7 Å². The van der Waals surface area contributed by atoms with Gasteiger partial charge in [-0.1, -0.05) is 42.5 Å². The van der Waals surface area contributed by atoms with Crippen molar-refractivity contribution in [3.8, 4) is 0 Å². The summed E-state index contributed by atoms with van der Waals surface area (Å²) in [5.41, 5.74) is 1.69. The van der Waals surface area contributed by atoms with Crippen LogP contribution in [0.25, 0.3) is 0 Å². The third-order valence-electron chi connectivity index (χ3n) is 3.35. The van der Waals surface area contributed by atoms with Gasteiger partial charge in [-0.15, -0.1) is 11.8 Å². The van der Waals surface area contributed by atoms with Crippen molar-refractivity contribution in [3.63, 3.8) is 0 Å². The van der Waals surface area contributed by atoms with E-state index >= 15 is 0 Å². The summed E-state index contributed by atoms with van der Waals surface area (Å²) < 4.78 is 5.31. The zero-order chi connectivity index (χ0) is 15.5. The Labute approximate surface area is 132 Å². The summed E-state index contributed by atoms with van der Waals surface area (Å²) in [6.45, 7) is 1.32. The SMILES string of the molecule is CC(=O)OC1C(=O)Nc2ccccc2SC1c1ccccc1. The fourth-order valence-electron chi connectivity index (χ4n) is 2.39. The van der Waals surface area contributed by atoms with Gasteiger partial charge >= 0.3 is 5.97 Å². The van der Waals surface area contributed by atoms with Crippen LogP contribution in [-0.4, -0.2) is 18.0 Å². The molecule has 0 saturated heterocycles. The molecule has 1 heterocycles. The molecular formula is C17H15NO3S. The number of benzene rings is 2. The summed E-state index contributed by atoms with van der Waals surface area (Å²) in [6, 6.07) is 17.2. The van der Waals surface area contributed by atoms with Crippen LogP contribution in [0.15, 0.2) is 59.5 Å². The normalized spacial score (nSPS) is 20.5. The number of rotatable bonds is 2. The van der Waals surface area contributed by atoms with E-state index < -0.39 is 12.1 Å². The molecule has 4 nitrogen and oxygen atoms in total. The fraction of sp³-hybridized carbons (Fsp3) is 0.176. The van der Waals surface area contributed by atoms with E-state index in [0.29, 0.717) is 0 Å². The van der Waals surface area contributed by atoms with E-state index in [0.717, 1.165) is 16.1 Å². The monoisotopic (exact) mass is 313 g/mol. The third-order valence-corrected chi connectivity index (χ3v) is 4.74. The van der Waals surface area contributed by atoms with Crippen LogP contribution in [0.4, 0.5) is 5.69 Å². The summed E-state index contributed by atoms with van der Waals surface area (Å²) in [7, 11) is 0. The highest BCUT2D eigenvalue weighted by Crippen LogP contribution is 2.44. The van der Waals surface area contributed by atoms with Crippen LogP contribution in [0.3, 0.4) is 0 Å². The van der Waals surface area contributed by atoms with Crippen LogP contribution in [0.5, 0.6) is 0 Å². The minimum atomic E-state index is -0.864. The van der Waals surface area contributed by atoms with Gasteiger partial charge in [-0.2, -0.15) is 0 Å². The number of thioether (sulfide) groups is 1. The molecule has 2 atom stereocenters. The van der Waals surface area contributed by atoms with Crippen molar-refractivity contribution in [1.82, 2.24) is 0 Å². The number of nitrogens with one attached hydrogen (secondary N) is 1. The minimum Gasteiger partial charge on any atom is -0.451 e. The number of ether oxygens (including phenoxy) is 1. The van der Waals surface area contributed by atoms with Gasteiger partial charge in [0.15, 0.2) is 6.10 Å². The van der Waals surface area contributed by atoms with E-state index in [1.165, 1.54) is 18.7 Å². The molecule has 2 aromatic carbocycles. The molecule has 0 aliphatic carbocycles. The van der Waals surface area contributed by atoms with Crippen molar-refractivity contribution in [2.45, 2.75) is 23.2 Å². The molecule has 3 rings (SSSR count). The van der Waals surface area contributed by atoms with Crippen LogP contribution in [0, 0.1) is 0 Å². The van der Waals surface area contributed by atoms with E-state index in [4.69, 9.17) is 4.74 Å². The number of fused-ring (bicyclic) bond motifs is 1. The Bertz CT molecular complexity index is 702. The van der Waals surface area contributed by atoms with Crippen LogP contribution in [0.2, 0.25) is 0 Å². The zero-order valence-electron chi connectivity index (χ0n) is 12.0. The van der Waals surface area contributed by atoms with Gasteiger partial charge in [0, 0.05) is 11.8 Å². The highest BCUT2D eigenvalue weighted by atomic mass is 32.2. The molecule has 22 heavy (non-hydrogen) atoms. The largest absolute Gasteiger partial charge is 0.451 e. The quantitative estimate of drug-likeness (QED) is 0.863. The smallest absolute Gasteiger partial charge is 0.303 e. The molecule has 1 aliphatic rings. The van der Waals surface area contributed by atoms with Crippen molar-refractivity contribution < 1.29 is 14.3 Å². The Balaban J connectivity index is 2.04. The maximum Gasteiger partial charge on any atom is 0.303 e. The second-order valence-electron chi connectivity index (χ2n) is 4.96. The molecule has 1 amide bonds. The van der Waals surface area contributed by atoms with Crippen molar-refractivity contribution in [3.05, 3.63) is 60.2 Å². The van der Waals surface area contributed by atoms with Crippen molar-refractivity contribution in [2.24, 2.45) is 0 Å². The summed E-state index contributed by atoms with van der Waals surface area (Å²) in [6.07, 6.45) is -0.864. The number of para-hydroxylation sites is 1. The minimum absolute atomic E-state index is 0.284. The standard InChI is InChI=1S/C17H15NO3S/c1-11(19)21-15-16(12-7-3-2-4-8-12)22-14-10-6-5-9-13(14)18-17(15)20/h2-10,15-16H,1H3,(H,18,20). The lowest BCUT2D eigenvalue weighted by Gasteiger charge is -2.22. The van der Waals surface area contributed by atoms with Crippen molar-refractivity contribution in [1.29, 1.82) is 0 Å². The van der Waals surface area contributed by atoms with E-state index in [9.17, 15) is 9.59 Å². The molecule has 2 unspecified atom stereocenters. The maximum atomic E-state index is 12.5.